The number of hydrogen-bond acceptors (Lipinski definition) is 3. The van der Waals surface area contributed by atoms with Crippen LogP contribution in [0.15, 0.2) is 24.4 Å². The lowest BCUT2D eigenvalue weighted by Crippen LogP contribution is -2.06. The normalized spacial score (nSPS) is 10.4. The van der Waals surface area contributed by atoms with Gasteiger partial charge in [-0.3, -0.25) is 4.79 Å². The molecular weight excluding hydrogens is 202 g/mol. The Labute approximate surface area is 93.9 Å². The van der Waals surface area contributed by atoms with Crippen molar-refractivity contribution in [1.82, 2.24) is 15.0 Å². The number of aromatic nitrogens is 3. The molecule has 4 heteroatoms. The van der Waals surface area contributed by atoms with Crippen LogP contribution in [0.25, 0.3) is 5.69 Å². The number of carbonyl (C=O) groups is 1. The summed E-state index contributed by atoms with van der Waals surface area (Å²) in [6.45, 7) is 5.54. The van der Waals surface area contributed by atoms with Gasteiger partial charge in [0.25, 0.3) is 0 Å². The molecule has 1 aromatic heterocycles. The predicted octanol–water partition coefficient (Wildman–Crippen LogP) is 2.09. The number of ketones is 1. The first-order chi connectivity index (χ1) is 7.58. The van der Waals surface area contributed by atoms with Crippen LogP contribution in [-0.4, -0.2) is 20.8 Å². The van der Waals surface area contributed by atoms with Gasteiger partial charge in [-0.1, -0.05) is 11.3 Å². The summed E-state index contributed by atoms with van der Waals surface area (Å²) in [7, 11) is 0. The van der Waals surface area contributed by atoms with Crippen LogP contribution in [0.1, 0.15) is 28.5 Å². The van der Waals surface area contributed by atoms with Gasteiger partial charge in [0.05, 0.1) is 11.9 Å². The van der Waals surface area contributed by atoms with E-state index in [4.69, 9.17) is 0 Å². The van der Waals surface area contributed by atoms with E-state index in [-0.39, 0.29) is 5.78 Å². The number of benzene rings is 1. The zero-order valence-electron chi connectivity index (χ0n) is 9.56. The van der Waals surface area contributed by atoms with Crippen LogP contribution in [0.3, 0.4) is 0 Å². The number of hydrogen-bond donors (Lipinski definition) is 0. The molecule has 0 bridgehead atoms. The van der Waals surface area contributed by atoms with Crippen molar-refractivity contribution in [1.29, 1.82) is 0 Å². The summed E-state index contributed by atoms with van der Waals surface area (Å²) >= 11 is 0. The van der Waals surface area contributed by atoms with Crippen molar-refractivity contribution in [3.05, 3.63) is 41.2 Å². The molecule has 0 aliphatic heterocycles. The quantitative estimate of drug-likeness (QED) is 0.721. The van der Waals surface area contributed by atoms with Crippen LogP contribution >= 0.6 is 0 Å². The second-order valence-corrected chi connectivity index (χ2v) is 3.93. The molecule has 2 aromatic rings. The molecule has 0 amide bonds. The minimum absolute atomic E-state index is 0.0378. The topological polar surface area (TPSA) is 47.8 Å². The van der Waals surface area contributed by atoms with Gasteiger partial charge in [0, 0.05) is 6.92 Å². The second kappa shape index (κ2) is 3.89. The highest BCUT2D eigenvalue weighted by atomic mass is 16.1. The van der Waals surface area contributed by atoms with Crippen molar-refractivity contribution >= 4 is 5.78 Å². The molecule has 0 aliphatic rings. The van der Waals surface area contributed by atoms with Crippen LogP contribution in [0.4, 0.5) is 0 Å². The second-order valence-electron chi connectivity index (χ2n) is 3.93. The zero-order valence-corrected chi connectivity index (χ0v) is 9.56. The highest BCUT2D eigenvalue weighted by molar-refractivity contribution is 5.92. The number of rotatable bonds is 2. The van der Waals surface area contributed by atoms with Gasteiger partial charge in [0.15, 0.2) is 5.78 Å². The fourth-order valence-electron chi connectivity index (χ4n) is 1.74. The van der Waals surface area contributed by atoms with E-state index < -0.39 is 0 Å². The largest absolute Gasteiger partial charge is 0.293 e. The average Bonchev–Trinajstić information content (AvgIpc) is 2.63. The average molecular weight is 215 g/mol. The molecule has 16 heavy (non-hydrogen) atoms. The lowest BCUT2D eigenvalue weighted by Gasteiger charge is -2.06. The van der Waals surface area contributed by atoms with Gasteiger partial charge in [-0.05, 0) is 37.1 Å². The van der Waals surface area contributed by atoms with Crippen LogP contribution in [-0.2, 0) is 0 Å². The van der Waals surface area contributed by atoms with Crippen molar-refractivity contribution in [2.24, 2.45) is 0 Å². The molecule has 0 fully saturated rings. The maximum absolute atomic E-state index is 11.4. The SMILES string of the molecule is CC(=O)c1cnnn1-c1cc(C)cc(C)c1. The van der Waals surface area contributed by atoms with Crippen molar-refractivity contribution < 1.29 is 4.79 Å². The smallest absolute Gasteiger partial charge is 0.179 e. The van der Waals surface area contributed by atoms with Crippen molar-refractivity contribution in [2.45, 2.75) is 20.8 Å². The fourth-order valence-corrected chi connectivity index (χ4v) is 1.74. The molecule has 1 aromatic carbocycles. The van der Waals surface area contributed by atoms with Gasteiger partial charge in [0.2, 0.25) is 0 Å². The molecule has 1 heterocycles. The van der Waals surface area contributed by atoms with E-state index >= 15 is 0 Å². The maximum atomic E-state index is 11.4. The van der Waals surface area contributed by atoms with Gasteiger partial charge in [-0.25, -0.2) is 4.68 Å². The number of carbonyl (C=O) groups excluding carboxylic acids is 1. The summed E-state index contributed by atoms with van der Waals surface area (Å²) < 4.78 is 1.57. The van der Waals surface area contributed by atoms with Gasteiger partial charge >= 0.3 is 0 Å². The van der Waals surface area contributed by atoms with Crippen LogP contribution in [0, 0.1) is 13.8 Å². The fraction of sp³-hybridized carbons (Fsp3) is 0.250. The molecule has 0 unspecified atom stereocenters. The Balaban J connectivity index is 2.58. The van der Waals surface area contributed by atoms with Crippen LogP contribution in [0.2, 0.25) is 0 Å². The molecule has 0 saturated carbocycles. The number of nitrogens with zero attached hydrogens (tertiary/aromatic N) is 3. The lowest BCUT2D eigenvalue weighted by atomic mass is 10.1. The Hall–Kier alpha value is -1.97. The van der Waals surface area contributed by atoms with Gasteiger partial charge in [-0.2, -0.15) is 0 Å². The Morgan fingerprint density at radius 1 is 1.19 bits per heavy atom. The number of aryl methyl sites for hydroxylation is 2. The predicted molar refractivity (Wildman–Crippen MR) is 60.8 cm³/mol. The zero-order chi connectivity index (χ0) is 11.7. The summed E-state index contributed by atoms with van der Waals surface area (Å²) in [5, 5.41) is 7.71. The van der Waals surface area contributed by atoms with Crippen molar-refractivity contribution in [3.8, 4) is 5.69 Å². The molecule has 0 aliphatic carbocycles. The van der Waals surface area contributed by atoms with Gasteiger partial charge in [0.1, 0.15) is 5.69 Å². The molecule has 0 spiro atoms. The minimum atomic E-state index is -0.0378. The molecule has 4 nitrogen and oxygen atoms in total. The Kier molecular flexibility index (Phi) is 2.56. The van der Waals surface area contributed by atoms with E-state index in [9.17, 15) is 4.79 Å². The summed E-state index contributed by atoms with van der Waals surface area (Å²) in [6, 6.07) is 6.04. The summed E-state index contributed by atoms with van der Waals surface area (Å²) in [5.41, 5.74) is 3.66. The lowest BCUT2D eigenvalue weighted by molar-refractivity contribution is 0.101. The molecule has 82 valence electrons. The first-order valence-corrected chi connectivity index (χ1v) is 5.08. The van der Waals surface area contributed by atoms with Crippen molar-refractivity contribution in [2.75, 3.05) is 0 Å². The number of Topliss-reactive ketones (excluding diaryl/α,β-unsaturated/α-hetero) is 1. The van der Waals surface area contributed by atoms with E-state index in [0.29, 0.717) is 5.69 Å². The molecular formula is C12H13N3O. The van der Waals surface area contributed by atoms with E-state index in [1.54, 1.807) is 4.68 Å². The van der Waals surface area contributed by atoms with E-state index in [2.05, 4.69) is 16.4 Å². The Bertz CT molecular complexity index is 523. The summed E-state index contributed by atoms with van der Waals surface area (Å²) in [4.78, 5) is 11.4. The molecule has 0 atom stereocenters. The van der Waals surface area contributed by atoms with Gasteiger partial charge in [-0.15, -0.1) is 5.10 Å². The molecule has 0 radical (unpaired) electrons. The van der Waals surface area contributed by atoms with Crippen LogP contribution < -0.4 is 0 Å². The summed E-state index contributed by atoms with van der Waals surface area (Å²) in [5.74, 6) is -0.0378. The van der Waals surface area contributed by atoms with E-state index in [1.807, 2.05) is 26.0 Å². The molecule has 0 saturated heterocycles. The standard InChI is InChI=1S/C12H13N3O/c1-8-4-9(2)6-11(5-8)15-12(10(3)16)7-13-14-15/h4-7H,1-3H3. The van der Waals surface area contributed by atoms with E-state index in [1.165, 1.54) is 13.1 Å². The highest BCUT2D eigenvalue weighted by Crippen LogP contribution is 2.14. The third-order valence-corrected chi connectivity index (χ3v) is 2.36. The van der Waals surface area contributed by atoms with E-state index in [0.717, 1.165) is 16.8 Å². The van der Waals surface area contributed by atoms with Gasteiger partial charge < -0.3 is 0 Å². The monoisotopic (exact) mass is 215 g/mol. The minimum Gasteiger partial charge on any atom is -0.293 e. The summed E-state index contributed by atoms with van der Waals surface area (Å²) in [6.07, 6.45) is 1.49. The van der Waals surface area contributed by atoms with Crippen molar-refractivity contribution in [3.63, 3.8) is 0 Å². The first-order valence-electron chi connectivity index (χ1n) is 5.08. The molecule has 2 rings (SSSR count). The highest BCUT2D eigenvalue weighted by Gasteiger charge is 2.10. The Morgan fingerprint density at radius 2 is 1.81 bits per heavy atom. The third-order valence-electron chi connectivity index (χ3n) is 2.36. The molecule has 0 N–H and O–H groups in total. The first kappa shape index (κ1) is 10.5. The van der Waals surface area contributed by atoms with Crippen LogP contribution in [0.5, 0.6) is 0 Å². The maximum Gasteiger partial charge on any atom is 0.179 e. The third kappa shape index (κ3) is 1.86. The Morgan fingerprint density at radius 3 is 2.38 bits per heavy atom.